The standard InChI is InChI=1S/C47H29N5S/c1-2-13-31(14-3-1)44-48-45(32-27-25-30(26-28-32)43-37-19-6-9-22-40(37)52-41-23-10-11-24-42(41)53-47(43)52)50-46(49-44)33-15-12-16-34(29-33)51-38-20-7-4-17-35(38)36-18-5-8-21-39(36)51/h1-29H. The molecule has 53 heavy (non-hydrogen) atoms. The maximum atomic E-state index is 5.13. The van der Waals surface area contributed by atoms with E-state index >= 15 is 0 Å². The molecule has 0 fully saturated rings. The Bertz CT molecular complexity index is 3120. The van der Waals surface area contributed by atoms with E-state index in [0.29, 0.717) is 17.5 Å². The SMILES string of the molecule is c1ccc(-c2nc(-c3ccc(-c4c5ccccc5n5c4sc4ccccc45)cc3)nc(-c3cccc(-n4c5ccccc5c5ccccc54)c3)n2)cc1. The topological polar surface area (TPSA) is 48.0 Å². The lowest BCUT2D eigenvalue weighted by molar-refractivity contribution is 1.07. The maximum Gasteiger partial charge on any atom is 0.164 e. The smallest absolute Gasteiger partial charge is 0.164 e. The van der Waals surface area contributed by atoms with Crippen molar-refractivity contribution in [3.63, 3.8) is 0 Å². The second-order valence-electron chi connectivity index (χ2n) is 13.3. The lowest BCUT2D eigenvalue weighted by Gasteiger charge is -2.12. The van der Waals surface area contributed by atoms with E-state index in [0.717, 1.165) is 39.0 Å². The molecular formula is C47H29N5S. The van der Waals surface area contributed by atoms with Crippen LogP contribution in [0.5, 0.6) is 0 Å². The number of fused-ring (bicyclic) bond motifs is 8. The molecule has 0 N–H and O–H groups in total. The first-order valence-corrected chi connectivity index (χ1v) is 18.5. The minimum absolute atomic E-state index is 0.631. The quantitative estimate of drug-likeness (QED) is 0.180. The van der Waals surface area contributed by atoms with Crippen molar-refractivity contribution in [2.24, 2.45) is 0 Å². The fourth-order valence-electron chi connectivity index (χ4n) is 7.78. The zero-order valence-corrected chi connectivity index (χ0v) is 29.2. The summed E-state index contributed by atoms with van der Waals surface area (Å²) in [6, 6.07) is 61.8. The van der Waals surface area contributed by atoms with Crippen LogP contribution in [0, 0.1) is 0 Å². The van der Waals surface area contributed by atoms with E-state index < -0.39 is 0 Å². The first-order valence-electron chi connectivity index (χ1n) is 17.7. The molecule has 0 saturated heterocycles. The van der Waals surface area contributed by atoms with Crippen molar-refractivity contribution in [1.29, 1.82) is 0 Å². The Morgan fingerprint density at radius 3 is 1.58 bits per heavy atom. The van der Waals surface area contributed by atoms with Gasteiger partial charge in [0.1, 0.15) is 4.83 Å². The van der Waals surface area contributed by atoms with E-state index in [1.807, 2.05) is 29.5 Å². The molecule has 0 spiro atoms. The molecule has 0 unspecified atom stereocenters. The van der Waals surface area contributed by atoms with Crippen molar-refractivity contribution in [2.75, 3.05) is 0 Å². The number of thiazole rings is 1. The van der Waals surface area contributed by atoms with Crippen LogP contribution in [0.15, 0.2) is 176 Å². The predicted octanol–water partition coefficient (Wildman–Crippen LogP) is 12.3. The van der Waals surface area contributed by atoms with Crippen LogP contribution in [0.1, 0.15) is 0 Å². The van der Waals surface area contributed by atoms with Crippen molar-refractivity contribution < 1.29 is 0 Å². The van der Waals surface area contributed by atoms with Crippen LogP contribution in [-0.2, 0) is 0 Å². The fraction of sp³-hybridized carbons (Fsp3) is 0. The van der Waals surface area contributed by atoms with Crippen molar-refractivity contribution in [2.45, 2.75) is 0 Å². The maximum absolute atomic E-state index is 5.13. The fourth-order valence-corrected chi connectivity index (χ4v) is 9.02. The second kappa shape index (κ2) is 11.8. The summed E-state index contributed by atoms with van der Waals surface area (Å²) in [4.78, 5) is 16.5. The molecule has 0 aliphatic heterocycles. The zero-order chi connectivity index (χ0) is 34.9. The lowest BCUT2D eigenvalue weighted by atomic mass is 10.0. The van der Waals surface area contributed by atoms with Crippen molar-refractivity contribution in [3.8, 4) is 51.0 Å². The summed E-state index contributed by atoms with van der Waals surface area (Å²) in [5.74, 6) is 1.91. The Balaban J connectivity index is 1.05. The van der Waals surface area contributed by atoms with Gasteiger partial charge in [-0.3, -0.25) is 4.40 Å². The average Bonchev–Trinajstić information content (AvgIpc) is 3.88. The van der Waals surface area contributed by atoms with Crippen LogP contribution in [0.25, 0.3) is 98.7 Å². The number of nitrogens with zero attached hydrogens (tertiary/aromatic N) is 5. The summed E-state index contributed by atoms with van der Waals surface area (Å²) >= 11 is 1.84. The molecule has 11 rings (SSSR count). The van der Waals surface area contributed by atoms with Crippen molar-refractivity contribution >= 4 is 59.1 Å². The van der Waals surface area contributed by atoms with E-state index in [1.54, 1.807) is 0 Å². The molecule has 0 bridgehead atoms. The molecule has 0 aliphatic carbocycles. The number of rotatable bonds is 5. The molecule has 4 aromatic heterocycles. The Hall–Kier alpha value is -6.89. The molecular weight excluding hydrogens is 667 g/mol. The van der Waals surface area contributed by atoms with Gasteiger partial charge in [-0.25, -0.2) is 15.0 Å². The molecule has 7 aromatic carbocycles. The Morgan fingerprint density at radius 2 is 0.887 bits per heavy atom. The van der Waals surface area contributed by atoms with Crippen molar-refractivity contribution in [3.05, 3.63) is 176 Å². The van der Waals surface area contributed by atoms with Gasteiger partial charge in [0.25, 0.3) is 0 Å². The molecule has 4 heterocycles. The molecule has 0 saturated carbocycles. The van der Waals surface area contributed by atoms with Crippen LogP contribution in [0.4, 0.5) is 0 Å². The van der Waals surface area contributed by atoms with Gasteiger partial charge in [-0.05, 0) is 48.0 Å². The van der Waals surface area contributed by atoms with E-state index in [9.17, 15) is 0 Å². The Kier molecular flexibility index (Phi) is 6.66. The van der Waals surface area contributed by atoms with Gasteiger partial charge in [-0.2, -0.15) is 0 Å². The minimum atomic E-state index is 0.631. The Labute approximate surface area is 308 Å². The molecule has 0 amide bonds. The summed E-state index contributed by atoms with van der Waals surface area (Å²) in [6.45, 7) is 0. The molecule has 0 aliphatic rings. The molecule has 248 valence electrons. The van der Waals surface area contributed by atoms with Gasteiger partial charge in [0, 0.05) is 44.1 Å². The van der Waals surface area contributed by atoms with E-state index in [-0.39, 0.29) is 0 Å². The highest BCUT2D eigenvalue weighted by atomic mass is 32.1. The number of hydrogen-bond donors (Lipinski definition) is 0. The predicted molar refractivity (Wildman–Crippen MR) is 220 cm³/mol. The highest BCUT2D eigenvalue weighted by Crippen LogP contribution is 2.42. The summed E-state index contributed by atoms with van der Waals surface area (Å²) in [5, 5.41) is 3.70. The van der Waals surface area contributed by atoms with Crippen LogP contribution in [0.2, 0.25) is 0 Å². The first kappa shape index (κ1) is 29.8. The van der Waals surface area contributed by atoms with E-state index in [1.165, 1.54) is 42.3 Å². The molecule has 5 nitrogen and oxygen atoms in total. The summed E-state index contributed by atoms with van der Waals surface area (Å²) in [5.41, 5.74) is 11.1. The number of para-hydroxylation sites is 4. The highest BCUT2D eigenvalue weighted by Gasteiger charge is 2.19. The largest absolute Gasteiger partial charge is 0.309 e. The highest BCUT2D eigenvalue weighted by molar-refractivity contribution is 7.24. The van der Waals surface area contributed by atoms with E-state index in [4.69, 9.17) is 15.0 Å². The third-order valence-electron chi connectivity index (χ3n) is 10.2. The minimum Gasteiger partial charge on any atom is -0.309 e. The molecule has 0 radical (unpaired) electrons. The molecule has 0 atom stereocenters. The van der Waals surface area contributed by atoms with Gasteiger partial charge in [-0.15, -0.1) is 11.3 Å². The monoisotopic (exact) mass is 695 g/mol. The van der Waals surface area contributed by atoms with Crippen LogP contribution >= 0.6 is 11.3 Å². The van der Waals surface area contributed by atoms with Gasteiger partial charge in [0.15, 0.2) is 17.5 Å². The zero-order valence-electron chi connectivity index (χ0n) is 28.4. The number of hydrogen-bond acceptors (Lipinski definition) is 4. The van der Waals surface area contributed by atoms with Gasteiger partial charge in [0.2, 0.25) is 0 Å². The van der Waals surface area contributed by atoms with Crippen LogP contribution in [-0.4, -0.2) is 23.9 Å². The number of benzene rings is 7. The third-order valence-corrected chi connectivity index (χ3v) is 11.3. The van der Waals surface area contributed by atoms with Gasteiger partial charge in [0.05, 0.1) is 26.8 Å². The van der Waals surface area contributed by atoms with E-state index in [2.05, 4.69) is 167 Å². The third kappa shape index (κ3) is 4.73. The lowest BCUT2D eigenvalue weighted by Crippen LogP contribution is -2.01. The molecule has 11 aromatic rings. The first-order chi connectivity index (χ1) is 26.3. The molecule has 6 heteroatoms. The normalized spacial score (nSPS) is 11.8. The van der Waals surface area contributed by atoms with Gasteiger partial charge in [-0.1, -0.05) is 133 Å². The average molecular weight is 696 g/mol. The second-order valence-corrected chi connectivity index (χ2v) is 14.3. The summed E-state index contributed by atoms with van der Waals surface area (Å²) in [6.07, 6.45) is 0. The summed E-state index contributed by atoms with van der Waals surface area (Å²) in [7, 11) is 0. The van der Waals surface area contributed by atoms with Gasteiger partial charge >= 0.3 is 0 Å². The van der Waals surface area contributed by atoms with Crippen LogP contribution in [0.3, 0.4) is 0 Å². The Morgan fingerprint density at radius 1 is 0.377 bits per heavy atom. The van der Waals surface area contributed by atoms with Crippen LogP contribution < -0.4 is 0 Å². The summed E-state index contributed by atoms with van der Waals surface area (Å²) < 4.78 is 6.00. The van der Waals surface area contributed by atoms with Gasteiger partial charge < -0.3 is 4.57 Å². The number of aromatic nitrogens is 5. The van der Waals surface area contributed by atoms with Crippen molar-refractivity contribution in [1.82, 2.24) is 23.9 Å².